The standard InChI is InChI=1S/C12H17FN2O/c1-14-5-7-15(8-6-14)12-10(9-16)3-2-4-11(12)13/h2-4,16H,5-9H2,1H3. The van der Waals surface area contributed by atoms with Gasteiger partial charge in [0.25, 0.3) is 0 Å². The molecule has 0 radical (unpaired) electrons. The maximum absolute atomic E-state index is 13.8. The van der Waals surface area contributed by atoms with Gasteiger partial charge < -0.3 is 14.9 Å². The fourth-order valence-corrected chi connectivity index (χ4v) is 2.07. The van der Waals surface area contributed by atoms with Crippen LogP contribution in [0.1, 0.15) is 5.56 Å². The lowest BCUT2D eigenvalue weighted by Gasteiger charge is -2.35. The average molecular weight is 224 g/mol. The van der Waals surface area contributed by atoms with E-state index in [-0.39, 0.29) is 12.4 Å². The van der Waals surface area contributed by atoms with Crippen LogP contribution >= 0.6 is 0 Å². The molecule has 1 aliphatic heterocycles. The van der Waals surface area contributed by atoms with Gasteiger partial charge in [0.1, 0.15) is 5.82 Å². The molecule has 0 aliphatic carbocycles. The van der Waals surface area contributed by atoms with E-state index in [1.807, 2.05) is 4.90 Å². The first-order chi connectivity index (χ1) is 7.72. The first-order valence-corrected chi connectivity index (χ1v) is 5.54. The van der Waals surface area contributed by atoms with Gasteiger partial charge in [0.15, 0.2) is 0 Å². The van der Waals surface area contributed by atoms with E-state index in [2.05, 4.69) is 11.9 Å². The summed E-state index contributed by atoms with van der Waals surface area (Å²) in [6.07, 6.45) is 0. The van der Waals surface area contributed by atoms with Crippen LogP contribution in [0.3, 0.4) is 0 Å². The van der Waals surface area contributed by atoms with E-state index in [4.69, 9.17) is 0 Å². The molecule has 0 bridgehead atoms. The molecule has 1 aromatic rings. The van der Waals surface area contributed by atoms with Gasteiger partial charge in [0.2, 0.25) is 0 Å². The number of nitrogens with zero attached hydrogens (tertiary/aromatic N) is 2. The highest BCUT2D eigenvalue weighted by atomic mass is 19.1. The van der Waals surface area contributed by atoms with E-state index < -0.39 is 0 Å². The Balaban J connectivity index is 2.25. The van der Waals surface area contributed by atoms with Crippen LogP contribution in [-0.2, 0) is 6.61 Å². The first kappa shape index (κ1) is 11.4. The second kappa shape index (κ2) is 4.80. The minimum Gasteiger partial charge on any atom is -0.392 e. The van der Waals surface area contributed by atoms with E-state index in [1.165, 1.54) is 6.07 Å². The fourth-order valence-electron chi connectivity index (χ4n) is 2.07. The van der Waals surface area contributed by atoms with Gasteiger partial charge in [0.05, 0.1) is 12.3 Å². The topological polar surface area (TPSA) is 26.7 Å². The maximum Gasteiger partial charge on any atom is 0.146 e. The summed E-state index contributed by atoms with van der Waals surface area (Å²) in [6, 6.07) is 4.87. The summed E-state index contributed by atoms with van der Waals surface area (Å²) >= 11 is 0. The highest BCUT2D eigenvalue weighted by molar-refractivity contribution is 5.55. The Morgan fingerprint density at radius 1 is 1.25 bits per heavy atom. The molecule has 1 N–H and O–H groups in total. The van der Waals surface area contributed by atoms with Crippen molar-refractivity contribution in [3.63, 3.8) is 0 Å². The van der Waals surface area contributed by atoms with Gasteiger partial charge in [-0.05, 0) is 13.1 Å². The van der Waals surface area contributed by atoms with Crippen LogP contribution in [0.4, 0.5) is 10.1 Å². The lowest BCUT2D eigenvalue weighted by Crippen LogP contribution is -2.45. The van der Waals surface area contributed by atoms with Crippen LogP contribution in [0.15, 0.2) is 18.2 Å². The molecule has 1 heterocycles. The van der Waals surface area contributed by atoms with Crippen molar-refractivity contribution < 1.29 is 9.50 Å². The number of likely N-dealkylation sites (N-methyl/N-ethyl adjacent to an activating group) is 1. The number of hydrogen-bond donors (Lipinski definition) is 1. The second-order valence-corrected chi connectivity index (χ2v) is 4.20. The lowest BCUT2D eigenvalue weighted by molar-refractivity contribution is 0.279. The third-order valence-electron chi connectivity index (χ3n) is 3.06. The number of hydrogen-bond acceptors (Lipinski definition) is 3. The molecule has 16 heavy (non-hydrogen) atoms. The Morgan fingerprint density at radius 3 is 2.56 bits per heavy atom. The minimum atomic E-state index is -0.240. The Kier molecular flexibility index (Phi) is 3.41. The largest absolute Gasteiger partial charge is 0.392 e. The number of benzene rings is 1. The lowest BCUT2D eigenvalue weighted by atomic mass is 10.1. The van der Waals surface area contributed by atoms with Gasteiger partial charge >= 0.3 is 0 Å². The van der Waals surface area contributed by atoms with E-state index in [1.54, 1.807) is 12.1 Å². The molecular formula is C12H17FN2O. The molecule has 88 valence electrons. The van der Waals surface area contributed by atoms with Crippen LogP contribution in [0.25, 0.3) is 0 Å². The SMILES string of the molecule is CN1CCN(c2c(F)cccc2CO)CC1. The molecule has 0 amide bonds. The fraction of sp³-hybridized carbons (Fsp3) is 0.500. The quantitative estimate of drug-likeness (QED) is 0.814. The first-order valence-electron chi connectivity index (χ1n) is 5.54. The normalized spacial score (nSPS) is 17.8. The summed E-state index contributed by atoms with van der Waals surface area (Å²) in [7, 11) is 2.06. The highest BCUT2D eigenvalue weighted by Gasteiger charge is 2.19. The Labute approximate surface area is 95.1 Å². The summed E-state index contributed by atoms with van der Waals surface area (Å²) in [4.78, 5) is 4.23. The van der Waals surface area contributed by atoms with E-state index in [9.17, 15) is 9.50 Å². The van der Waals surface area contributed by atoms with E-state index >= 15 is 0 Å². The van der Waals surface area contributed by atoms with Crippen LogP contribution in [0.2, 0.25) is 0 Å². The monoisotopic (exact) mass is 224 g/mol. The van der Waals surface area contributed by atoms with Crippen molar-refractivity contribution in [2.75, 3.05) is 38.1 Å². The summed E-state index contributed by atoms with van der Waals surface area (Å²) < 4.78 is 13.8. The molecule has 0 aromatic heterocycles. The van der Waals surface area contributed by atoms with Gasteiger partial charge in [-0.25, -0.2) is 4.39 Å². The van der Waals surface area contributed by atoms with Crippen molar-refractivity contribution >= 4 is 5.69 Å². The summed E-state index contributed by atoms with van der Waals surface area (Å²) in [5.41, 5.74) is 1.24. The zero-order valence-electron chi connectivity index (χ0n) is 9.49. The predicted molar refractivity (Wildman–Crippen MR) is 62.0 cm³/mol. The number of anilines is 1. The number of rotatable bonds is 2. The number of aliphatic hydroxyl groups excluding tert-OH is 1. The second-order valence-electron chi connectivity index (χ2n) is 4.20. The van der Waals surface area contributed by atoms with Crippen molar-refractivity contribution in [3.8, 4) is 0 Å². The van der Waals surface area contributed by atoms with Crippen molar-refractivity contribution in [1.82, 2.24) is 4.90 Å². The Bertz CT molecular complexity index is 362. The molecule has 0 saturated carbocycles. The number of para-hydroxylation sites is 1. The Hall–Kier alpha value is -1.13. The molecule has 0 unspecified atom stereocenters. The number of aliphatic hydroxyl groups is 1. The molecule has 0 spiro atoms. The van der Waals surface area contributed by atoms with Gasteiger partial charge in [0, 0.05) is 31.7 Å². The molecule has 1 fully saturated rings. The predicted octanol–water partition coefficient (Wildman–Crippen LogP) is 1.07. The third kappa shape index (κ3) is 2.18. The molecule has 0 atom stereocenters. The van der Waals surface area contributed by atoms with Crippen LogP contribution in [0.5, 0.6) is 0 Å². The third-order valence-corrected chi connectivity index (χ3v) is 3.06. The smallest absolute Gasteiger partial charge is 0.146 e. The zero-order valence-corrected chi connectivity index (χ0v) is 9.49. The number of piperazine rings is 1. The molecule has 3 nitrogen and oxygen atoms in total. The van der Waals surface area contributed by atoms with Crippen LogP contribution in [0, 0.1) is 5.82 Å². The van der Waals surface area contributed by atoms with Crippen molar-refractivity contribution in [2.24, 2.45) is 0 Å². The van der Waals surface area contributed by atoms with Gasteiger partial charge in [-0.15, -0.1) is 0 Å². The van der Waals surface area contributed by atoms with Gasteiger partial charge in [-0.3, -0.25) is 0 Å². The summed E-state index contributed by atoms with van der Waals surface area (Å²) in [6.45, 7) is 3.37. The van der Waals surface area contributed by atoms with Crippen molar-refractivity contribution in [2.45, 2.75) is 6.61 Å². The Morgan fingerprint density at radius 2 is 1.94 bits per heavy atom. The molecule has 1 aromatic carbocycles. The maximum atomic E-state index is 13.8. The number of halogens is 1. The van der Waals surface area contributed by atoms with Gasteiger partial charge in [-0.2, -0.15) is 0 Å². The molecule has 1 aliphatic rings. The molecule has 4 heteroatoms. The van der Waals surface area contributed by atoms with Crippen LogP contribution < -0.4 is 4.90 Å². The minimum absolute atomic E-state index is 0.112. The van der Waals surface area contributed by atoms with Gasteiger partial charge in [-0.1, -0.05) is 12.1 Å². The highest BCUT2D eigenvalue weighted by Crippen LogP contribution is 2.25. The van der Waals surface area contributed by atoms with Crippen molar-refractivity contribution in [3.05, 3.63) is 29.6 Å². The van der Waals surface area contributed by atoms with E-state index in [0.29, 0.717) is 11.3 Å². The average Bonchev–Trinajstić information content (AvgIpc) is 2.30. The summed E-state index contributed by atoms with van der Waals surface area (Å²) in [5, 5.41) is 9.22. The molecule has 1 saturated heterocycles. The van der Waals surface area contributed by atoms with E-state index in [0.717, 1.165) is 26.2 Å². The molecule has 2 rings (SSSR count). The molecular weight excluding hydrogens is 207 g/mol. The zero-order chi connectivity index (χ0) is 11.5. The van der Waals surface area contributed by atoms with Crippen LogP contribution in [-0.4, -0.2) is 43.2 Å². The van der Waals surface area contributed by atoms with Crippen molar-refractivity contribution in [1.29, 1.82) is 0 Å². The summed E-state index contributed by atoms with van der Waals surface area (Å²) in [5.74, 6) is -0.240.